The lowest BCUT2D eigenvalue weighted by molar-refractivity contribution is 0.0952. The van der Waals surface area contributed by atoms with Crippen molar-refractivity contribution < 1.29 is 9.90 Å². The van der Waals surface area contributed by atoms with Gasteiger partial charge in [0.15, 0.2) is 0 Å². The molecule has 0 radical (unpaired) electrons. The number of hydrogen-bond acceptors (Lipinski definition) is 3. The highest BCUT2D eigenvalue weighted by Gasteiger charge is 2.08. The Morgan fingerprint density at radius 1 is 1.20 bits per heavy atom. The van der Waals surface area contributed by atoms with E-state index in [0.717, 1.165) is 0 Å². The van der Waals surface area contributed by atoms with Crippen LogP contribution in [0.25, 0.3) is 0 Å². The van der Waals surface area contributed by atoms with Crippen molar-refractivity contribution in [1.82, 2.24) is 5.43 Å². The van der Waals surface area contributed by atoms with Crippen molar-refractivity contribution in [2.45, 2.75) is 0 Å². The maximum absolute atomic E-state index is 11.8. The van der Waals surface area contributed by atoms with E-state index in [9.17, 15) is 9.90 Å². The Bertz CT molecular complexity index is 672. The number of amides is 1. The van der Waals surface area contributed by atoms with Crippen LogP contribution in [0.5, 0.6) is 5.75 Å². The fourth-order valence-corrected chi connectivity index (χ4v) is 1.95. The normalized spacial score (nSPS) is 10.7. The smallest absolute Gasteiger partial charge is 0.275 e. The van der Waals surface area contributed by atoms with E-state index in [1.807, 2.05) is 0 Å². The topological polar surface area (TPSA) is 61.7 Å². The summed E-state index contributed by atoms with van der Waals surface area (Å²) < 4.78 is 0. The molecule has 4 nitrogen and oxygen atoms in total. The Hall–Kier alpha value is -2.04. The van der Waals surface area contributed by atoms with Crippen molar-refractivity contribution in [3.8, 4) is 5.75 Å². The zero-order valence-electron chi connectivity index (χ0n) is 10.2. The molecular formula is C14H10Cl2N2O2. The highest BCUT2D eigenvalue weighted by molar-refractivity contribution is 6.36. The van der Waals surface area contributed by atoms with Gasteiger partial charge >= 0.3 is 0 Å². The molecule has 0 aromatic heterocycles. The molecule has 2 N–H and O–H groups in total. The summed E-state index contributed by atoms with van der Waals surface area (Å²) in [6.07, 6.45) is 1.40. The van der Waals surface area contributed by atoms with Gasteiger partial charge in [0.05, 0.1) is 16.8 Å². The van der Waals surface area contributed by atoms with Gasteiger partial charge < -0.3 is 5.11 Å². The van der Waals surface area contributed by atoms with Crippen LogP contribution in [0.15, 0.2) is 47.6 Å². The van der Waals surface area contributed by atoms with E-state index in [2.05, 4.69) is 10.5 Å². The van der Waals surface area contributed by atoms with Gasteiger partial charge in [-0.15, -0.1) is 0 Å². The van der Waals surface area contributed by atoms with Gasteiger partial charge in [-0.1, -0.05) is 41.4 Å². The average molecular weight is 309 g/mol. The average Bonchev–Trinajstić information content (AvgIpc) is 2.41. The van der Waals surface area contributed by atoms with Gasteiger partial charge in [-0.25, -0.2) is 5.43 Å². The SMILES string of the molecule is O=C(N/N=C/c1ccc(Cl)cc1Cl)c1ccccc1O. The zero-order chi connectivity index (χ0) is 14.5. The van der Waals surface area contributed by atoms with E-state index in [1.165, 1.54) is 18.3 Å². The van der Waals surface area contributed by atoms with E-state index in [4.69, 9.17) is 23.2 Å². The maximum Gasteiger partial charge on any atom is 0.275 e. The molecule has 2 rings (SSSR count). The van der Waals surface area contributed by atoms with E-state index in [-0.39, 0.29) is 11.3 Å². The molecule has 0 aliphatic heterocycles. The molecule has 0 heterocycles. The van der Waals surface area contributed by atoms with Crippen LogP contribution in [0.1, 0.15) is 15.9 Å². The minimum Gasteiger partial charge on any atom is -0.507 e. The lowest BCUT2D eigenvalue weighted by Gasteiger charge is -2.02. The number of nitrogens with one attached hydrogen (secondary N) is 1. The van der Waals surface area contributed by atoms with Crippen molar-refractivity contribution in [3.63, 3.8) is 0 Å². The number of hydrogen-bond donors (Lipinski definition) is 2. The Labute approximate surface area is 125 Å². The molecule has 0 aliphatic carbocycles. The fourth-order valence-electron chi connectivity index (χ4n) is 1.49. The molecule has 0 unspecified atom stereocenters. The second-order valence-electron chi connectivity index (χ2n) is 3.88. The molecular weight excluding hydrogens is 299 g/mol. The molecule has 0 aliphatic rings. The number of nitrogens with zero attached hydrogens (tertiary/aromatic N) is 1. The summed E-state index contributed by atoms with van der Waals surface area (Å²) in [5, 5.41) is 14.3. The fraction of sp³-hybridized carbons (Fsp3) is 0. The molecule has 0 saturated heterocycles. The summed E-state index contributed by atoms with van der Waals surface area (Å²) in [6, 6.07) is 11.1. The van der Waals surface area contributed by atoms with Gasteiger partial charge in [-0.05, 0) is 24.3 Å². The molecule has 102 valence electrons. The highest BCUT2D eigenvalue weighted by atomic mass is 35.5. The van der Waals surface area contributed by atoms with Crippen molar-refractivity contribution in [3.05, 3.63) is 63.6 Å². The van der Waals surface area contributed by atoms with Crippen molar-refractivity contribution in [2.75, 3.05) is 0 Å². The number of phenolic OH excluding ortho intramolecular Hbond substituents is 1. The molecule has 6 heteroatoms. The molecule has 2 aromatic carbocycles. The summed E-state index contributed by atoms with van der Waals surface area (Å²) >= 11 is 11.7. The standard InChI is InChI=1S/C14H10Cl2N2O2/c15-10-6-5-9(12(16)7-10)8-17-18-14(20)11-3-1-2-4-13(11)19/h1-8,19H,(H,18,20)/b17-8+. The van der Waals surface area contributed by atoms with Crippen LogP contribution in [0.3, 0.4) is 0 Å². The van der Waals surface area contributed by atoms with Crippen LogP contribution in [-0.4, -0.2) is 17.2 Å². The van der Waals surface area contributed by atoms with Gasteiger partial charge in [-0.2, -0.15) is 5.10 Å². The molecule has 0 atom stereocenters. The number of halogens is 2. The van der Waals surface area contributed by atoms with Crippen LogP contribution in [0.2, 0.25) is 10.0 Å². The zero-order valence-corrected chi connectivity index (χ0v) is 11.7. The number of carbonyl (C=O) groups excluding carboxylic acids is 1. The lowest BCUT2D eigenvalue weighted by atomic mass is 10.2. The third-order valence-electron chi connectivity index (χ3n) is 2.48. The van der Waals surface area contributed by atoms with Crippen molar-refractivity contribution in [2.24, 2.45) is 5.10 Å². The third-order valence-corrected chi connectivity index (χ3v) is 3.04. The summed E-state index contributed by atoms with van der Waals surface area (Å²) in [5.41, 5.74) is 3.07. The maximum atomic E-state index is 11.8. The van der Waals surface area contributed by atoms with E-state index < -0.39 is 5.91 Å². The summed E-state index contributed by atoms with van der Waals surface area (Å²) in [5.74, 6) is -0.617. The first kappa shape index (κ1) is 14.4. The predicted molar refractivity (Wildman–Crippen MR) is 79.6 cm³/mol. The van der Waals surface area contributed by atoms with Gasteiger partial charge in [0, 0.05) is 10.6 Å². The second kappa shape index (κ2) is 6.41. The van der Waals surface area contributed by atoms with Gasteiger partial charge in [0.1, 0.15) is 5.75 Å². The minimum absolute atomic E-state index is 0.107. The van der Waals surface area contributed by atoms with Crippen molar-refractivity contribution in [1.29, 1.82) is 0 Å². The molecule has 20 heavy (non-hydrogen) atoms. The van der Waals surface area contributed by atoms with Crippen LogP contribution in [0, 0.1) is 0 Å². The number of rotatable bonds is 3. The predicted octanol–water partition coefficient (Wildman–Crippen LogP) is 3.46. The number of phenols is 1. The summed E-state index contributed by atoms with van der Waals surface area (Å²) in [4.78, 5) is 11.8. The van der Waals surface area contributed by atoms with E-state index in [0.29, 0.717) is 15.6 Å². The summed E-state index contributed by atoms with van der Waals surface area (Å²) in [7, 11) is 0. The second-order valence-corrected chi connectivity index (χ2v) is 4.73. The van der Waals surface area contributed by atoms with Crippen molar-refractivity contribution >= 4 is 35.3 Å². The summed E-state index contributed by atoms with van der Waals surface area (Å²) in [6.45, 7) is 0. The largest absolute Gasteiger partial charge is 0.507 e. The van der Waals surface area contributed by atoms with Gasteiger partial charge in [0.2, 0.25) is 0 Å². The number of para-hydroxylation sites is 1. The molecule has 2 aromatic rings. The van der Waals surface area contributed by atoms with Crippen LogP contribution in [-0.2, 0) is 0 Å². The van der Waals surface area contributed by atoms with Gasteiger partial charge in [0.25, 0.3) is 5.91 Å². The number of carbonyl (C=O) groups is 1. The Morgan fingerprint density at radius 2 is 1.95 bits per heavy atom. The number of benzene rings is 2. The van der Waals surface area contributed by atoms with Crippen LogP contribution in [0.4, 0.5) is 0 Å². The van der Waals surface area contributed by atoms with E-state index >= 15 is 0 Å². The first-order chi connectivity index (χ1) is 9.58. The Balaban J connectivity index is 2.07. The van der Waals surface area contributed by atoms with Crippen LogP contribution < -0.4 is 5.43 Å². The Kier molecular flexibility index (Phi) is 4.61. The Morgan fingerprint density at radius 3 is 2.65 bits per heavy atom. The van der Waals surface area contributed by atoms with E-state index in [1.54, 1.807) is 30.3 Å². The molecule has 1 amide bonds. The van der Waals surface area contributed by atoms with Gasteiger partial charge in [-0.3, -0.25) is 4.79 Å². The quantitative estimate of drug-likeness (QED) is 0.674. The monoisotopic (exact) mass is 308 g/mol. The number of aromatic hydroxyl groups is 1. The third kappa shape index (κ3) is 3.50. The minimum atomic E-state index is -0.510. The molecule has 0 spiro atoms. The highest BCUT2D eigenvalue weighted by Crippen LogP contribution is 2.19. The first-order valence-electron chi connectivity index (χ1n) is 5.64. The van der Waals surface area contributed by atoms with Crippen LogP contribution >= 0.6 is 23.2 Å². The molecule has 0 fully saturated rings. The lowest BCUT2D eigenvalue weighted by Crippen LogP contribution is -2.17. The molecule has 0 saturated carbocycles. The molecule has 0 bridgehead atoms. The number of hydrazone groups is 1. The first-order valence-corrected chi connectivity index (χ1v) is 6.40.